The summed E-state index contributed by atoms with van der Waals surface area (Å²) in [5.41, 5.74) is 3.06. The van der Waals surface area contributed by atoms with Gasteiger partial charge in [0.2, 0.25) is 0 Å². The van der Waals surface area contributed by atoms with E-state index in [1.807, 2.05) is 25.1 Å². The number of aromatic nitrogens is 2. The van der Waals surface area contributed by atoms with Crippen LogP contribution in [-0.4, -0.2) is 28.0 Å². The smallest absolute Gasteiger partial charge is 0.253 e. The van der Waals surface area contributed by atoms with Crippen LogP contribution in [0.5, 0.6) is 0 Å². The topological polar surface area (TPSA) is 59.0 Å². The molecule has 5 heteroatoms. The largest absolute Gasteiger partial charge is 0.370 e. The second kappa shape index (κ2) is 7.43. The van der Waals surface area contributed by atoms with Crippen molar-refractivity contribution >= 4 is 22.6 Å². The first kappa shape index (κ1) is 17.6. The lowest BCUT2D eigenvalue weighted by Crippen LogP contribution is -2.34. The van der Waals surface area contributed by atoms with Gasteiger partial charge in [0.1, 0.15) is 5.82 Å². The van der Waals surface area contributed by atoms with Crippen LogP contribution >= 0.6 is 0 Å². The van der Waals surface area contributed by atoms with E-state index < -0.39 is 0 Å². The van der Waals surface area contributed by atoms with Gasteiger partial charge in [-0.05, 0) is 55.9 Å². The average molecular weight is 362 g/mol. The molecular weight excluding hydrogens is 336 g/mol. The zero-order valence-corrected chi connectivity index (χ0v) is 15.9. The zero-order valence-electron chi connectivity index (χ0n) is 15.9. The Morgan fingerprint density at radius 2 is 2.07 bits per heavy atom. The molecule has 3 aromatic rings. The number of nitrogens with one attached hydrogen (secondary N) is 2. The van der Waals surface area contributed by atoms with E-state index in [-0.39, 0.29) is 11.9 Å². The van der Waals surface area contributed by atoms with Crippen molar-refractivity contribution in [2.75, 3.05) is 11.9 Å². The molecule has 2 heterocycles. The van der Waals surface area contributed by atoms with Crippen LogP contribution in [0.2, 0.25) is 0 Å². The van der Waals surface area contributed by atoms with Crippen molar-refractivity contribution in [2.45, 2.75) is 32.2 Å². The number of carbonyl (C=O) groups excluding carboxylic acids is 1. The third-order valence-electron chi connectivity index (χ3n) is 5.18. The van der Waals surface area contributed by atoms with Crippen molar-refractivity contribution in [3.8, 4) is 0 Å². The van der Waals surface area contributed by atoms with Crippen molar-refractivity contribution in [3.63, 3.8) is 0 Å². The van der Waals surface area contributed by atoms with Gasteiger partial charge in [0.15, 0.2) is 0 Å². The Hall–Kier alpha value is -2.82. The molecule has 1 aromatic carbocycles. The molecule has 2 N–H and O–H groups in total. The van der Waals surface area contributed by atoms with Gasteiger partial charge in [-0.2, -0.15) is 0 Å². The molecule has 0 bridgehead atoms. The lowest BCUT2D eigenvalue weighted by molar-refractivity contribution is 0.0940. The Labute approximate surface area is 159 Å². The zero-order chi connectivity index (χ0) is 18.8. The van der Waals surface area contributed by atoms with Crippen molar-refractivity contribution in [3.05, 3.63) is 59.9 Å². The predicted octanol–water partition coefficient (Wildman–Crippen LogP) is 3.76. The number of benzene rings is 1. The van der Waals surface area contributed by atoms with Crippen LogP contribution in [0.1, 0.15) is 35.7 Å². The number of aryl methyl sites for hydroxylation is 1. The van der Waals surface area contributed by atoms with E-state index in [9.17, 15) is 4.79 Å². The molecule has 1 unspecified atom stereocenters. The SMILES string of the molecule is CC(Cc1cn(C)c2ccccc12)NC(=O)c1ccc(NCC2CC2)nc1. The van der Waals surface area contributed by atoms with Crippen LogP contribution < -0.4 is 10.6 Å². The normalized spacial score (nSPS) is 14.9. The molecule has 0 spiro atoms. The standard InChI is InChI=1S/C22H26N4O/c1-15(11-18-14-26(2)20-6-4-3-5-19(18)20)25-22(27)17-9-10-21(24-13-17)23-12-16-7-8-16/h3-6,9-10,13-16H,7-8,11-12H2,1-2H3,(H,23,24)(H,25,27). The minimum atomic E-state index is -0.0796. The van der Waals surface area contributed by atoms with Crippen LogP contribution in [-0.2, 0) is 13.5 Å². The number of anilines is 1. The van der Waals surface area contributed by atoms with Gasteiger partial charge in [0.05, 0.1) is 5.56 Å². The highest BCUT2D eigenvalue weighted by molar-refractivity contribution is 5.94. The van der Waals surface area contributed by atoms with Gasteiger partial charge in [-0.1, -0.05) is 18.2 Å². The molecule has 4 rings (SSSR count). The Bertz CT molecular complexity index is 941. The highest BCUT2D eigenvalue weighted by Crippen LogP contribution is 2.28. The number of fused-ring (bicyclic) bond motifs is 1. The van der Waals surface area contributed by atoms with Gasteiger partial charge in [-0.15, -0.1) is 0 Å². The second-order valence-electron chi connectivity index (χ2n) is 7.62. The molecule has 1 fully saturated rings. The Morgan fingerprint density at radius 3 is 2.81 bits per heavy atom. The summed E-state index contributed by atoms with van der Waals surface area (Å²) < 4.78 is 2.14. The molecule has 1 aliphatic rings. The monoisotopic (exact) mass is 362 g/mol. The van der Waals surface area contributed by atoms with E-state index in [0.717, 1.165) is 24.7 Å². The fourth-order valence-corrected chi connectivity index (χ4v) is 3.48. The summed E-state index contributed by atoms with van der Waals surface area (Å²) in [6, 6.07) is 12.1. The van der Waals surface area contributed by atoms with Gasteiger partial charge in [0, 0.05) is 42.9 Å². The number of rotatable bonds is 7. The first-order chi connectivity index (χ1) is 13.1. The molecule has 1 amide bonds. The highest BCUT2D eigenvalue weighted by atomic mass is 16.1. The summed E-state index contributed by atoms with van der Waals surface area (Å²) in [5, 5.41) is 7.65. The maximum absolute atomic E-state index is 12.5. The lowest BCUT2D eigenvalue weighted by Gasteiger charge is -2.14. The van der Waals surface area contributed by atoms with Gasteiger partial charge < -0.3 is 15.2 Å². The molecular formula is C22H26N4O. The fraction of sp³-hybridized carbons (Fsp3) is 0.364. The van der Waals surface area contributed by atoms with E-state index in [0.29, 0.717) is 5.56 Å². The number of hydrogen-bond acceptors (Lipinski definition) is 3. The summed E-state index contributed by atoms with van der Waals surface area (Å²) >= 11 is 0. The molecule has 2 aromatic heterocycles. The molecule has 0 aliphatic heterocycles. The molecule has 5 nitrogen and oxygen atoms in total. The molecule has 27 heavy (non-hydrogen) atoms. The Kier molecular flexibility index (Phi) is 4.84. The van der Waals surface area contributed by atoms with Gasteiger partial charge in [-0.3, -0.25) is 4.79 Å². The maximum atomic E-state index is 12.5. The summed E-state index contributed by atoms with van der Waals surface area (Å²) in [6.45, 7) is 3.01. The molecule has 1 atom stereocenters. The molecule has 0 radical (unpaired) electrons. The first-order valence-electron chi connectivity index (χ1n) is 9.64. The predicted molar refractivity (Wildman–Crippen MR) is 109 cm³/mol. The first-order valence-corrected chi connectivity index (χ1v) is 9.64. The maximum Gasteiger partial charge on any atom is 0.253 e. The summed E-state index contributed by atoms with van der Waals surface area (Å²) in [4.78, 5) is 16.9. The number of hydrogen-bond donors (Lipinski definition) is 2. The summed E-state index contributed by atoms with van der Waals surface area (Å²) in [6.07, 6.45) is 7.20. The average Bonchev–Trinajstić information content (AvgIpc) is 3.45. The Balaban J connectivity index is 1.36. The number of para-hydroxylation sites is 1. The lowest BCUT2D eigenvalue weighted by atomic mass is 10.1. The second-order valence-corrected chi connectivity index (χ2v) is 7.62. The van der Waals surface area contributed by atoms with Gasteiger partial charge in [0.25, 0.3) is 5.91 Å². The molecule has 1 aliphatic carbocycles. The van der Waals surface area contributed by atoms with Crippen molar-refractivity contribution in [2.24, 2.45) is 13.0 Å². The van der Waals surface area contributed by atoms with Gasteiger partial charge in [-0.25, -0.2) is 4.98 Å². The third-order valence-corrected chi connectivity index (χ3v) is 5.18. The number of nitrogens with zero attached hydrogens (tertiary/aromatic N) is 2. The third kappa shape index (κ3) is 4.13. The van der Waals surface area contributed by atoms with E-state index in [4.69, 9.17) is 0 Å². The quantitative estimate of drug-likeness (QED) is 0.673. The van der Waals surface area contributed by atoms with E-state index in [1.165, 1.54) is 29.3 Å². The van der Waals surface area contributed by atoms with Crippen LogP contribution in [0.15, 0.2) is 48.8 Å². The Morgan fingerprint density at radius 1 is 1.26 bits per heavy atom. The summed E-state index contributed by atoms with van der Waals surface area (Å²) in [7, 11) is 2.06. The van der Waals surface area contributed by atoms with Gasteiger partial charge >= 0.3 is 0 Å². The van der Waals surface area contributed by atoms with E-state index >= 15 is 0 Å². The number of pyridine rings is 1. The van der Waals surface area contributed by atoms with Crippen LogP contribution in [0.3, 0.4) is 0 Å². The summed E-state index contributed by atoms with van der Waals surface area (Å²) in [5.74, 6) is 1.55. The minimum absolute atomic E-state index is 0.0379. The van der Waals surface area contributed by atoms with Crippen molar-refractivity contribution in [1.82, 2.24) is 14.9 Å². The molecule has 1 saturated carbocycles. The van der Waals surface area contributed by atoms with Crippen LogP contribution in [0.25, 0.3) is 10.9 Å². The van der Waals surface area contributed by atoms with Crippen molar-refractivity contribution in [1.29, 1.82) is 0 Å². The number of carbonyl (C=O) groups is 1. The molecule has 0 saturated heterocycles. The number of amides is 1. The van der Waals surface area contributed by atoms with Crippen LogP contribution in [0.4, 0.5) is 5.82 Å². The van der Waals surface area contributed by atoms with Crippen molar-refractivity contribution < 1.29 is 4.79 Å². The van der Waals surface area contributed by atoms with E-state index in [2.05, 4.69) is 51.6 Å². The van der Waals surface area contributed by atoms with Crippen LogP contribution in [0, 0.1) is 5.92 Å². The highest BCUT2D eigenvalue weighted by Gasteiger charge is 2.20. The minimum Gasteiger partial charge on any atom is -0.370 e. The molecule has 140 valence electrons. The fourth-order valence-electron chi connectivity index (χ4n) is 3.48. The van der Waals surface area contributed by atoms with E-state index in [1.54, 1.807) is 6.20 Å².